The molecule has 96 valence electrons. The van der Waals surface area contributed by atoms with Crippen molar-refractivity contribution in [1.82, 2.24) is 14.7 Å². The fraction of sp³-hybridized carbons (Fsp3) is 0.769. The lowest BCUT2D eigenvalue weighted by molar-refractivity contribution is 0.316. The van der Waals surface area contributed by atoms with Gasteiger partial charge in [0.1, 0.15) is 0 Å². The standard InChI is InChI=1S/C13H22BrN3/c1-16(10-8-14)11-12-7-9-17(15-12)13-5-3-2-4-6-13/h7,9,13H,2-6,8,10-11H2,1H3. The van der Waals surface area contributed by atoms with Crippen LogP contribution < -0.4 is 0 Å². The first-order valence-corrected chi connectivity index (χ1v) is 7.70. The van der Waals surface area contributed by atoms with Crippen molar-refractivity contribution in [1.29, 1.82) is 0 Å². The molecule has 0 spiro atoms. The third-order valence-electron chi connectivity index (χ3n) is 3.51. The molecule has 0 aliphatic heterocycles. The highest BCUT2D eigenvalue weighted by molar-refractivity contribution is 9.09. The van der Waals surface area contributed by atoms with Gasteiger partial charge in [-0.05, 0) is 26.0 Å². The minimum Gasteiger partial charge on any atom is -0.300 e. The highest BCUT2D eigenvalue weighted by atomic mass is 79.9. The Morgan fingerprint density at radius 3 is 2.88 bits per heavy atom. The molecule has 4 heteroatoms. The zero-order valence-electron chi connectivity index (χ0n) is 10.6. The molecule has 0 atom stereocenters. The Balaban J connectivity index is 1.90. The number of aromatic nitrogens is 2. The molecule has 3 nitrogen and oxygen atoms in total. The smallest absolute Gasteiger partial charge is 0.0764 e. The summed E-state index contributed by atoms with van der Waals surface area (Å²) in [5, 5.41) is 5.74. The van der Waals surface area contributed by atoms with Crippen molar-refractivity contribution in [3.63, 3.8) is 0 Å². The van der Waals surface area contributed by atoms with E-state index in [1.54, 1.807) is 0 Å². The molecule has 0 radical (unpaired) electrons. The first kappa shape index (κ1) is 13.1. The molecular formula is C13H22BrN3. The van der Waals surface area contributed by atoms with Crippen LogP contribution in [-0.4, -0.2) is 33.6 Å². The van der Waals surface area contributed by atoms with Crippen LogP contribution in [0.4, 0.5) is 0 Å². The Labute approximate surface area is 112 Å². The van der Waals surface area contributed by atoms with Gasteiger partial charge in [-0.3, -0.25) is 9.58 Å². The molecule has 0 unspecified atom stereocenters. The molecule has 0 aromatic carbocycles. The maximum Gasteiger partial charge on any atom is 0.0764 e. The Morgan fingerprint density at radius 2 is 2.18 bits per heavy atom. The molecule has 2 rings (SSSR count). The second kappa shape index (κ2) is 6.55. The van der Waals surface area contributed by atoms with Gasteiger partial charge in [0.2, 0.25) is 0 Å². The zero-order valence-corrected chi connectivity index (χ0v) is 12.2. The van der Waals surface area contributed by atoms with Gasteiger partial charge in [0.25, 0.3) is 0 Å². The minimum atomic E-state index is 0.652. The summed E-state index contributed by atoms with van der Waals surface area (Å²) in [6, 6.07) is 2.82. The van der Waals surface area contributed by atoms with Crippen molar-refractivity contribution in [3.8, 4) is 0 Å². The quantitative estimate of drug-likeness (QED) is 0.779. The van der Waals surface area contributed by atoms with Gasteiger partial charge < -0.3 is 0 Å². The predicted octanol–water partition coefficient (Wildman–Crippen LogP) is 3.22. The van der Waals surface area contributed by atoms with Crippen LogP contribution >= 0.6 is 15.9 Å². The Hall–Kier alpha value is -0.350. The highest BCUT2D eigenvalue weighted by Crippen LogP contribution is 2.27. The van der Waals surface area contributed by atoms with E-state index in [9.17, 15) is 0 Å². The van der Waals surface area contributed by atoms with Crippen LogP contribution in [0, 0.1) is 0 Å². The van der Waals surface area contributed by atoms with Crippen molar-refractivity contribution < 1.29 is 0 Å². The van der Waals surface area contributed by atoms with Crippen molar-refractivity contribution >= 4 is 15.9 Å². The first-order chi connectivity index (χ1) is 8.29. The van der Waals surface area contributed by atoms with Gasteiger partial charge in [-0.2, -0.15) is 5.10 Å². The van der Waals surface area contributed by atoms with Gasteiger partial charge in [0.05, 0.1) is 11.7 Å². The molecule has 0 saturated heterocycles. The van der Waals surface area contributed by atoms with E-state index < -0.39 is 0 Å². The molecule has 1 saturated carbocycles. The SMILES string of the molecule is CN(CCBr)Cc1ccn(C2CCCCC2)n1. The third kappa shape index (κ3) is 3.81. The van der Waals surface area contributed by atoms with Crippen molar-refractivity contribution in [2.75, 3.05) is 18.9 Å². The van der Waals surface area contributed by atoms with Crippen LogP contribution in [0.5, 0.6) is 0 Å². The van der Waals surface area contributed by atoms with Gasteiger partial charge >= 0.3 is 0 Å². The van der Waals surface area contributed by atoms with Gasteiger partial charge in [0, 0.05) is 24.6 Å². The molecule has 0 amide bonds. The van der Waals surface area contributed by atoms with Crippen LogP contribution in [0.1, 0.15) is 43.8 Å². The molecule has 1 aromatic rings. The monoisotopic (exact) mass is 299 g/mol. The molecule has 1 aliphatic rings. The fourth-order valence-corrected chi connectivity index (χ4v) is 3.12. The summed E-state index contributed by atoms with van der Waals surface area (Å²) in [5.41, 5.74) is 1.19. The molecule has 1 aliphatic carbocycles. The summed E-state index contributed by atoms with van der Waals surface area (Å²) in [6.45, 7) is 2.02. The molecule has 17 heavy (non-hydrogen) atoms. The van der Waals surface area contributed by atoms with Crippen LogP contribution in [0.25, 0.3) is 0 Å². The normalized spacial score (nSPS) is 17.8. The predicted molar refractivity (Wildman–Crippen MR) is 74.5 cm³/mol. The molecule has 0 bridgehead atoms. The summed E-state index contributed by atoms with van der Waals surface area (Å²) < 4.78 is 2.19. The van der Waals surface area contributed by atoms with Gasteiger partial charge in [0.15, 0.2) is 0 Å². The number of rotatable bonds is 5. The summed E-state index contributed by atoms with van der Waals surface area (Å²) in [6.07, 6.45) is 8.90. The minimum absolute atomic E-state index is 0.652. The zero-order chi connectivity index (χ0) is 12.1. The van der Waals surface area contributed by atoms with Crippen LogP contribution in [0.15, 0.2) is 12.3 Å². The molecule has 0 N–H and O–H groups in total. The van der Waals surface area contributed by atoms with Gasteiger partial charge in [-0.1, -0.05) is 35.2 Å². The molecule has 1 aromatic heterocycles. The van der Waals surface area contributed by atoms with Crippen molar-refractivity contribution in [3.05, 3.63) is 18.0 Å². The van der Waals surface area contributed by atoms with Gasteiger partial charge in [-0.25, -0.2) is 0 Å². The van der Waals surface area contributed by atoms with E-state index in [4.69, 9.17) is 5.10 Å². The first-order valence-electron chi connectivity index (χ1n) is 6.58. The van der Waals surface area contributed by atoms with E-state index >= 15 is 0 Å². The summed E-state index contributed by atoms with van der Waals surface area (Å²) in [7, 11) is 2.14. The van der Waals surface area contributed by atoms with E-state index in [2.05, 4.69) is 44.8 Å². The van der Waals surface area contributed by atoms with Crippen molar-refractivity contribution in [2.24, 2.45) is 0 Å². The number of alkyl halides is 1. The number of hydrogen-bond acceptors (Lipinski definition) is 2. The topological polar surface area (TPSA) is 21.1 Å². The second-order valence-corrected chi connectivity index (χ2v) is 5.80. The van der Waals surface area contributed by atoms with Crippen molar-refractivity contribution in [2.45, 2.75) is 44.7 Å². The number of nitrogens with zero attached hydrogens (tertiary/aromatic N) is 3. The number of halogens is 1. The van der Waals surface area contributed by atoms with Crippen LogP contribution in [0.2, 0.25) is 0 Å². The summed E-state index contributed by atoms with van der Waals surface area (Å²) in [4.78, 5) is 2.29. The van der Waals surface area contributed by atoms with Gasteiger partial charge in [-0.15, -0.1) is 0 Å². The Morgan fingerprint density at radius 1 is 1.41 bits per heavy atom. The molecule has 1 heterocycles. The second-order valence-electron chi connectivity index (χ2n) is 5.01. The van der Waals surface area contributed by atoms with Crippen LogP contribution in [-0.2, 0) is 6.54 Å². The maximum absolute atomic E-state index is 4.72. The Kier molecular flexibility index (Phi) is 5.04. The van der Waals surface area contributed by atoms with Crippen LogP contribution in [0.3, 0.4) is 0 Å². The largest absolute Gasteiger partial charge is 0.300 e. The summed E-state index contributed by atoms with van der Waals surface area (Å²) in [5.74, 6) is 0. The highest BCUT2D eigenvalue weighted by Gasteiger charge is 2.16. The fourth-order valence-electron chi connectivity index (χ4n) is 2.51. The maximum atomic E-state index is 4.72. The molecule has 1 fully saturated rings. The van der Waals surface area contributed by atoms with E-state index in [1.807, 2.05) is 0 Å². The van der Waals surface area contributed by atoms with E-state index in [0.717, 1.165) is 18.4 Å². The average molecular weight is 300 g/mol. The summed E-state index contributed by atoms with van der Waals surface area (Å²) >= 11 is 3.46. The number of hydrogen-bond donors (Lipinski definition) is 0. The average Bonchev–Trinajstić information content (AvgIpc) is 2.79. The van der Waals surface area contributed by atoms with E-state index in [-0.39, 0.29) is 0 Å². The lowest BCUT2D eigenvalue weighted by atomic mass is 9.96. The third-order valence-corrected chi connectivity index (χ3v) is 3.87. The van der Waals surface area contributed by atoms with E-state index in [1.165, 1.54) is 37.8 Å². The lowest BCUT2D eigenvalue weighted by Gasteiger charge is -2.22. The molecular weight excluding hydrogens is 278 g/mol. The lowest BCUT2D eigenvalue weighted by Crippen LogP contribution is -2.20. The van der Waals surface area contributed by atoms with E-state index in [0.29, 0.717) is 6.04 Å². The Bertz CT molecular complexity index is 331.